The van der Waals surface area contributed by atoms with Gasteiger partial charge in [-0.2, -0.15) is 4.39 Å². The molecule has 0 unspecified atom stereocenters. The maximum Gasteiger partial charge on any atom is 0.338 e. The summed E-state index contributed by atoms with van der Waals surface area (Å²) < 4.78 is 82.7. The number of hydrogen-bond acceptors (Lipinski definition) is 3. The molecule has 0 radical (unpaired) electrons. The van der Waals surface area contributed by atoms with Crippen LogP contribution in [0.25, 0.3) is 11.1 Å². The first-order chi connectivity index (χ1) is 17.7. The number of halogens is 5. The molecule has 1 aliphatic rings. The van der Waals surface area contributed by atoms with E-state index in [1.54, 1.807) is 12.1 Å². The predicted molar refractivity (Wildman–Crippen MR) is 129 cm³/mol. The van der Waals surface area contributed by atoms with Crippen LogP contribution in [0.15, 0.2) is 42.5 Å². The Morgan fingerprint density at radius 3 is 2.22 bits per heavy atom. The molecule has 0 N–H and O–H groups in total. The van der Waals surface area contributed by atoms with Crippen LogP contribution in [0.1, 0.15) is 66.4 Å². The van der Waals surface area contributed by atoms with Crippen molar-refractivity contribution in [3.05, 3.63) is 88.2 Å². The monoisotopic (exact) mass is 518 g/mol. The van der Waals surface area contributed by atoms with Gasteiger partial charge in [0.1, 0.15) is 11.9 Å². The van der Waals surface area contributed by atoms with Crippen molar-refractivity contribution in [3.8, 4) is 16.9 Å². The molecule has 0 heterocycles. The van der Waals surface area contributed by atoms with Gasteiger partial charge in [-0.15, -0.1) is 0 Å². The van der Waals surface area contributed by atoms with Gasteiger partial charge < -0.3 is 9.47 Å². The molecule has 0 bridgehead atoms. The third-order valence-electron chi connectivity index (χ3n) is 6.70. The zero-order valence-corrected chi connectivity index (χ0v) is 20.6. The second-order valence-electron chi connectivity index (χ2n) is 9.26. The van der Waals surface area contributed by atoms with E-state index in [0.29, 0.717) is 37.7 Å². The summed E-state index contributed by atoms with van der Waals surface area (Å²) in [5, 5.41) is 0. The van der Waals surface area contributed by atoms with Gasteiger partial charge in [-0.05, 0) is 80.3 Å². The van der Waals surface area contributed by atoms with E-state index in [1.807, 2.05) is 6.92 Å². The number of esters is 1. The second kappa shape index (κ2) is 11.3. The number of carbonyl (C=O) groups is 1. The summed E-state index contributed by atoms with van der Waals surface area (Å²) in [7, 11) is 0. The Bertz CT molecular complexity index is 1300. The summed E-state index contributed by atoms with van der Waals surface area (Å²) in [6.07, 6.45) is 2.07. The molecule has 3 aromatic carbocycles. The van der Waals surface area contributed by atoms with Gasteiger partial charge in [-0.25, -0.2) is 22.4 Å². The number of aryl methyl sites for hydroxylation is 1. The Morgan fingerprint density at radius 1 is 0.838 bits per heavy atom. The molecular weight excluding hydrogens is 491 g/mol. The molecule has 0 atom stereocenters. The average molecular weight is 519 g/mol. The third kappa shape index (κ3) is 5.63. The summed E-state index contributed by atoms with van der Waals surface area (Å²) in [6.45, 7) is 3.54. The van der Waals surface area contributed by atoms with E-state index in [2.05, 4.69) is 0 Å². The number of benzene rings is 3. The van der Waals surface area contributed by atoms with Crippen LogP contribution in [0.5, 0.6) is 5.75 Å². The molecule has 1 fully saturated rings. The highest BCUT2D eigenvalue weighted by atomic mass is 19.2. The van der Waals surface area contributed by atoms with Crippen molar-refractivity contribution in [1.29, 1.82) is 0 Å². The molecule has 0 aromatic heterocycles. The van der Waals surface area contributed by atoms with Crippen molar-refractivity contribution in [2.24, 2.45) is 0 Å². The Labute approximate surface area is 212 Å². The molecule has 8 heteroatoms. The summed E-state index contributed by atoms with van der Waals surface area (Å²) in [5.41, 5.74) is -0.00863. The molecule has 1 aliphatic carbocycles. The summed E-state index contributed by atoms with van der Waals surface area (Å²) >= 11 is 0. The summed E-state index contributed by atoms with van der Waals surface area (Å²) in [5.74, 6) is -6.24. The number of ether oxygens (including phenoxy) is 2. The van der Waals surface area contributed by atoms with Crippen LogP contribution in [-0.4, -0.2) is 18.7 Å². The van der Waals surface area contributed by atoms with Crippen LogP contribution in [-0.2, 0) is 4.74 Å². The topological polar surface area (TPSA) is 35.5 Å². The molecule has 3 aromatic rings. The molecule has 0 amide bonds. The molecule has 0 spiro atoms. The van der Waals surface area contributed by atoms with Crippen molar-refractivity contribution >= 4 is 5.97 Å². The maximum absolute atomic E-state index is 14.8. The summed E-state index contributed by atoms with van der Waals surface area (Å²) in [4.78, 5) is 12.6. The lowest BCUT2D eigenvalue weighted by Gasteiger charge is -2.29. The molecule has 1 saturated carbocycles. The molecule has 0 saturated heterocycles. The van der Waals surface area contributed by atoms with E-state index in [-0.39, 0.29) is 40.5 Å². The van der Waals surface area contributed by atoms with Gasteiger partial charge in [0.2, 0.25) is 5.82 Å². The number of carbonyl (C=O) groups excluding carboxylic acids is 1. The fourth-order valence-corrected chi connectivity index (χ4v) is 4.61. The zero-order chi connectivity index (χ0) is 26.7. The Morgan fingerprint density at radius 2 is 1.54 bits per heavy atom. The lowest BCUT2D eigenvalue weighted by atomic mass is 9.82. The Balaban J connectivity index is 1.41. The molecular formula is C29H27F5O3. The van der Waals surface area contributed by atoms with Crippen LogP contribution in [0.3, 0.4) is 0 Å². The van der Waals surface area contributed by atoms with E-state index >= 15 is 0 Å². The molecule has 37 heavy (non-hydrogen) atoms. The largest absolute Gasteiger partial charge is 0.490 e. The van der Waals surface area contributed by atoms with Crippen LogP contribution in [0.2, 0.25) is 0 Å². The highest BCUT2D eigenvalue weighted by Crippen LogP contribution is 2.37. The maximum atomic E-state index is 14.8. The second-order valence-corrected chi connectivity index (χ2v) is 9.26. The van der Waals surface area contributed by atoms with Crippen LogP contribution < -0.4 is 4.74 Å². The van der Waals surface area contributed by atoms with Gasteiger partial charge in [-0.3, -0.25) is 0 Å². The molecule has 0 aliphatic heterocycles. The molecule has 4 rings (SSSR count). The zero-order valence-electron chi connectivity index (χ0n) is 20.6. The van der Waals surface area contributed by atoms with E-state index in [4.69, 9.17) is 9.47 Å². The van der Waals surface area contributed by atoms with E-state index in [1.165, 1.54) is 31.2 Å². The first-order valence-electron chi connectivity index (χ1n) is 12.3. The highest BCUT2D eigenvalue weighted by Gasteiger charge is 2.28. The van der Waals surface area contributed by atoms with E-state index in [9.17, 15) is 26.7 Å². The average Bonchev–Trinajstić information content (AvgIpc) is 2.89. The lowest BCUT2D eigenvalue weighted by Crippen LogP contribution is -2.24. The lowest BCUT2D eigenvalue weighted by molar-refractivity contribution is 0.0193. The number of hydrogen-bond donors (Lipinski definition) is 0. The van der Waals surface area contributed by atoms with E-state index < -0.39 is 41.2 Å². The first kappa shape index (κ1) is 26.6. The smallest absolute Gasteiger partial charge is 0.338 e. The standard InChI is InChI=1S/C29H27F5O3/c1-3-14-36-24-13-12-22(27(33)28(24)34)21-11-7-18(15-23(21)30)29(35)37-19-8-5-17(6-9-19)20-10-4-16(2)25(31)26(20)32/h4,7,10-13,15,17,19H,3,5-6,8-9,14H2,1-2H3. The fraction of sp³-hybridized carbons (Fsp3) is 0.345. The van der Waals surface area contributed by atoms with Gasteiger partial charge >= 0.3 is 5.97 Å². The van der Waals surface area contributed by atoms with Crippen molar-refractivity contribution < 1.29 is 36.2 Å². The van der Waals surface area contributed by atoms with Gasteiger partial charge in [0.15, 0.2) is 23.2 Å². The minimum atomic E-state index is -1.25. The minimum absolute atomic E-state index is 0.0706. The quantitative estimate of drug-likeness (QED) is 0.235. The first-order valence-corrected chi connectivity index (χ1v) is 12.3. The fourth-order valence-electron chi connectivity index (χ4n) is 4.61. The van der Waals surface area contributed by atoms with Crippen molar-refractivity contribution in [3.63, 3.8) is 0 Å². The van der Waals surface area contributed by atoms with Crippen molar-refractivity contribution in [2.75, 3.05) is 6.61 Å². The van der Waals surface area contributed by atoms with Crippen LogP contribution in [0, 0.1) is 36.0 Å². The molecule has 196 valence electrons. The Hall–Kier alpha value is -3.42. The van der Waals surface area contributed by atoms with Gasteiger partial charge in [0.05, 0.1) is 12.2 Å². The van der Waals surface area contributed by atoms with Gasteiger partial charge in [0, 0.05) is 11.1 Å². The summed E-state index contributed by atoms with van der Waals surface area (Å²) in [6, 6.07) is 9.01. The Kier molecular flexibility index (Phi) is 8.15. The minimum Gasteiger partial charge on any atom is -0.490 e. The normalized spacial score (nSPS) is 17.5. The van der Waals surface area contributed by atoms with Crippen LogP contribution >= 0.6 is 0 Å². The third-order valence-corrected chi connectivity index (χ3v) is 6.70. The van der Waals surface area contributed by atoms with Gasteiger partial charge in [-0.1, -0.05) is 25.1 Å². The predicted octanol–water partition coefficient (Wildman–Crippen LogP) is 8.03. The van der Waals surface area contributed by atoms with Crippen LogP contribution in [0.4, 0.5) is 22.0 Å². The van der Waals surface area contributed by atoms with E-state index in [0.717, 1.165) is 6.07 Å². The SMILES string of the molecule is CCCOc1ccc(-c2ccc(C(=O)OC3CCC(c4ccc(C)c(F)c4F)CC3)cc2F)c(F)c1F. The molecule has 3 nitrogen and oxygen atoms in total. The number of rotatable bonds is 7. The highest BCUT2D eigenvalue weighted by molar-refractivity contribution is 5.90. The van der Waals surface area contributed by atoms with Crippen molar-refractivity contribution in [2.45, 2.75) is 58.0 Å². The van der Waals surface area contributed by atoms with Gasteiger partial charge in [0.25, 0.3) is 0 Å². The van der Waals surface area contributed by atoms with Crippen molar-refractivity contribution in [1.82, 2.24) is 0 Å².